The van der Waals surface area contributed by atoms with Gasteiger partial charge >= 0.3 is 0 Å². The second kappa shape index (κ2) is 6.23. The summed E-state index contributed by atoms with van der Waals surface area (Å²) in [7, 11) is -2.02. The Bertz CT molecular complexity index is 636. The van der Waals surface area contributed by atoms with Crippen LogP contribution in [0.15, 0.2) is 24.3 Å². The lowest BCUT2D eigenvalue weighted by Gasteiger charge is -2.47. The van der Waals surface area contributed by atoms with Crippen LogP contribution in [0.25, 0.3) is 0 Å². The Morgan fingerprint density at radius 1 is 1.41 bits per heavy atom. The summed E-state index contributed by atoms with van der Waals surface area (Å²) < 4.78 is 51.8. The molecule has 1 aliphatic carbocycles. The van der Waals surface area contributed by atoms with Gasteiger partial charge < -0.3 is 9.47 Å². The minimum absolute atomic E-state index is 0.0212. The first-order valence-corrected chi connectivity index (χ1v) is 9.01. The van der Waals surface area contributed by atoms with E-state index in [2.05, 4.69) is 4.72 Å². The summed E-state index contributed by atoms with van der Waals surface area (Å²) in [6.45, 7) is 1.11. The Kier molecular flexibility index (Phi) is 4.49. The van der Waals surface area contributed by atoms with Crippen LogP contribution in [0.3, 0.4) is 0 Å². The van der Waals surface area contributed by atoms with Crippen molar-refractivity contribution in [2.24, 2.45) is 11.8 Å². The fraction of sp³-hybridized carbons (Fsp3) is 0.600. The van der Waals surface area contributed by atoms with Crippen molar-refractivity contribution in [3.05, 3.63) is 35.6 Å². The molecule has 5 nitrogen and oxygen atoms in total. The molecule has 1 saturated carbocycles. The zero-order valence-electron chi connectivity index (χ0n) is 12.4. The Morgan fingerprint density at radius 3 is 2.91 bits per heavy atom. The molecule has 1 saturated heterocycles. The minimum atomic E-state index is -3.61. The van der Waals surface area contributed by atoms with Gasteiger partial charge in [-0.15, -0.1) is 0 Å². The lowest BCUT2D eigenvalue weighted by Crippen LogP contribution is -2.62. The minimum Gasteiger partial charge on any atom is -0.384 e. The number of hydrogen-bond acceptors (Lipinski definition) is 4. The Hall–Kier alpha value is -1.02. The van der Waals surface area contributed by atoms with Gasteiger partial charge in [0.15, 0.2) is 0 Å². The van der Waals surface area contributed by atoms with Crippen LogP contribution in [0.2, 0.25) is 0 Å². The van der Waals surface area contributed by atoms with E-state index in [9.17, 15) is 12.8 Å². The zero-order valence-corrected chi connectivity index (χ0v) is 13.2. The molecule has 0 bridgehead atoms. The molecule has 0 amide bonds. The second-order valence-electron chi connectivity index (χ2n) is 5.90. The van der Waals surface area contributed by atoms with Gasteiger partial charge in [0.2, 0.25) is 10.0 Å². The van der Waals surface area contributed by atoms with Gasteiger partial charge in [-0.3, -0.25) is 0 Å². The highest BCUT2D eigenvalue weighted by Gasteiger charge is 2.54. The number of methoxy groups -OCH3 is 1. The maximum Gasteiger partial charge on any atom is 0.216 e. The zero-order chi connectivity index (χ0) is 15.7. The van der Waals surface area contributed by atoms with Crippen LogP contribution in [0.5, 0.6) is 0 Å². The Morgan fingerprint density at radius 2 is 2.18 bits per heavy atom. The van der Waals surface area contributed by atoms with Gasteiger partial charge in [0.25, 0.3) is 0 Å². The van der Waals surface area contributed by atoms with Crippen molar-refractivity contribution in [2.45, 2.75) is 24.3 Å². The van der Waals surface area contributed by atoms with E-state index in [1.54, 1.807) is 19.2 Å². The number of ether oxygens (including phenoxy) is 2. The van der Waals surface area contributed by atoms with E-state index in [-0.39, 0.29) is 35.3 Å². The molecule has 1 N–H and O–H groups in total. The molecule has 7 heteroatoms. The molecule has 1 aromatic carbocycles. The topological polar surface area (TPSA) is 64.6 Å². The molecule has 2 aliphatic rings. The normalized spacial score (nSPS) is 30.8. The second-order valence-corrected chi connectivity index (χ2v) is 7.66. The van der Waals surface area contributed by atoms with Gasteiger partial charge in [0.1, 0.15) is 5.82 Å². The van der Waals surface area contributed by atoms with Crippen molar-refractivity contribution in [1.82, 2.24) is 4.72 Å². The number of fused-ring (bicyclic) bond motifs is 1. The summed E-state index contributed by atoms with van der Waals surface area (Å²) in [6, 6.07) is 5.74. The first-order chi connectivity index (χ1) is 10.5. The maximum absolute atomic E-state index is 13.6. The average Bonchev–Trinajstić information content (AvgIpc) is 2.89. The highest BCUT2D eigenvalue weighted by molar-refractivity contribution is 7.88. The highest BCUT2D eigenvalue weighted by atomic mass is 32.2. The molecule has 0 spiro atoms. The number of hydrogen-bond donors (Lipinski definition) is 1. The van der Waals surface area contributed by atoms with Crippen LogP contribution in [-0.4, -0.2) is 40.9 Å². The van der Waals surface area contributed by atoms with Gasteiger partial charge in [0.05, 0.1) is 18.5 Å². The molecule has 3 rings (SSSR count). The van der Waals surface area contributed by atoms with Crippen LogP contribution in [0.1, 0.15) is 12.0 Å². The van der Waals surface area contributed by atoms with E-state index in [4.69, 9.17) is 9.47 Å². The van der Waals surface area contributed by atoms with Crippen molar-refractivity contribution < 1.29 is 22.3 Å². The fourth-order valence-corrected chi connectivity index (χ4v) is 4.96. The average molecular weight is 329 g/mol. The SMILES string of the molecule is COC[C@@H]1[C@H](NS(=O)(=O)Cc2ccccc2F)[C@@H]2CCO[C@H]12. The van der Waals surface area contributed by atoms with E-state index >= 15 is 0 Å². The van der Waals surface area contributed by atoms with Crippen LogP contribution in [0.4, 0.5) is 4.39 Å². The molecule has 1 aromatic rings. The summed E-state index contributed by atoms with van der Waals surface area (Å²) in [5.41, 5.74) is 0.178. The number of halogens is 1. The lowest BCUT2D eigenvalue weighted by molar-refractivity contribution is -0.0775. The summed E-state index contributed by atoms with van der Waals surface area (Å²) in [5.74, 6) is -0.644. The molecule has 2 fully saturated rings. The molecule has 22 heavy (non-hydrogen) atoms. The third kappa shape index (κ3) is 3.03. The molecule has 0 aromatic heterocycles. The van der Waals surface area contributed by atoms with E-state index < -0.39 is 15.8 Å². The highest BCUT2D eigenvalue weighted by Crippen LogP contribution is 2.44. The van der Waals surface area contributed by atoms with Gasteiger partial charge in [-0.1, -0.05) is 18.2 Å². The monoisotopic (exact) mass is 329 g/mol. The molecule has 1 aliphatic heterocycles. The first kappa shape index (κ1) is 15.9. The predicted octanol–water partition coefficient (Wildman–Crippen LogP) is 1.29. The van der Waals surface area contributed by atoms with Crippen LogP contribution in [0, 0.1) is 17.7 Å². The van der Waals surface area contributed by atoms with Gasteiger partial charge in [-0.2, -0.15) is 0 Å². The van der Waals surface area contributed by atoms with Gasteiger partial charge in [-0.25, -0.2) is 17.5 Å². The Balaban J connectivity index is 1.70. The van der Waals surface area contributed by atoms with Crippen molar-refractivity contribution in [3.8, 4) is 0 Å². The summed E-state index contributed by atoms with van der Waals surface area (Å²) in [5, 5.41) is 0. The quantitative estimate of drug-likeness (QED) is 0.854. The molecule has 4 atom stereocenters. The predicted molar refractivity (Wildman–Crippen MR) is 79.2 cm³/mol. The molecule has 1 heterocycles. The summed E-state index contributed by atoms with van der Waals surface area (Å²) >= 11 is 0. The van der Waals surface area contributed by atoms with Crippen LogP contribution < -0.4 is 4.72 Å². The van der Waals surface area contributed by atoms with Crippen molar-refractivity contribution >= 4 is 10.0 Å². The largest absolute Gasteiger partial charge is 0.384 e. The van der Waals surface area contributed by atoms with E-state index in [1.165, 1.54) is 12.1 Å². The summed E-state index contributed by atoms with van der Waals surface area (Å²) in [4.78, 5) is 0. The third-order valence-corrected chi connectivity index (χ3v) is 5.83. The molecule has 0 unspecified atom stereocenters. The van der Waals surface area contributed by atoms with Crippen LogP contribution in [-0.2, 0) is 25.2 Å². The Labute approximate surface area is 129 Å². The lowest BCUT2D eigenvalue weighted by atomic mass is 9.68. The van der Waals surface area contributed by atoms with E-state index in [0.29, 0.717) is 13.2 Å². The standard InChI is InChI=1S/C15H20FNO4S/c1-20-8-12-14(11-6-7-21-15(11)12)17-22(18,19)9-10-4-2-3-5-13(10)16/h2-5,11-12,14-15,17H,6-9H2,1H3/t11-,12+,14+,15-/m0/s1. The van der Waals surface area contributed by atoms with Crippen molar-refractivity contribution in [3.63, 3.8) is 0 Å². The first-order valence-electron chi connectivity index (χ1n) is 7.36. The number of rotatable bonds is 6. The molecule has 0 radical (unpaired) electrons. The van der Waals surface area contributed by atoms with Crippen LogP contribution >= 0.6 is 0 Å². The molecule has 122 valence electrons. The number of sulfonamides is 1. The van der Waals surface area contributed by atoms with Crippen molar-refractivity contribution in [1.29, 1.82) is 0 Å². The number of nitrogens with one attached hydrogen (secondary N) is 1. The third-order valence-electron chi connectivity index (χ3n) is 4.51. The summed E-state index contributed by atoms with van der Waals surface area (Å²) in [6.07, 6.45) is 0.915. The molecular formula is C15H20FNO4S. The van der Waals surface area contributed by atoms with Gasteiger partial charge in [0, 0.05) is 37.2 Å². The fourth-order valence-electron chi connectivity index (χ4n) is 3.46. The van der Waals surface area contributed by atoms with Crippen molar-refractivity contribution in [2.75, 3.05) is 20.3 Å². The smallest absolute Gasteiger partial charge is 0.216 e. The number of benzene rings is 1. The maximum atomic E-state index is 13.6. The van der Waals surface area contributed by atoms with E-state index in [1.807, 2.05) is 0 Å². The molecular weight excluding hydrogens is 309 g/mol. The van der Waals surface area contributed by atoms with E-state index in [0.717, 1.165) is 6.42 Å². The van der Waals surface area contributed by atoms with Gasteiger partial charge in [-0.05, 0) is 12.5 Å².